The minimum atomic E-state index is -0.383. The second-order valence-electron chi connectivity index (χ2n) is 6.82. The molecule has 0 aliphatic carbocycles. The molecular formula is C21H16Cl2N6OS2. The summed E-state index contributed by atoms with van der Waals surface area (Å²) in [4.78, 5) is 13.0. The molecule has 0 aliphatic heterocycles. The van der Waals surface area contributed by atoms with Crippen LogP contribution in [0, 0.1) is 13.8 Å². The van der Waals surface area contributed by atoms with Crippen molar-refractivity contribution in [2.24, 2.45) is 0 Å². The van der Waals surface area contributed by atoms with Gasteiger partial charge >= 0.3 is 0 Å². The fraction of sp³-hybridized carbons (Fsp3) is 0.0952. The monoisotopic (exact) mass is 502 g/mol. The third kappa shape index (κ3) is 4.97. The molecule has 0 unspecified atom stereocenters. The topological polar surface area (TPSA) is 84.2 Å². The van der Waals surface area contributed by atoms with Crippen LogP contribution in [-0.2, 0) is 4.79 Å². The molecule has 32 heavy (non-hydrogen) atoms. The molecule has 2 aromatic heterocycles. The molecule has 0 fully saturated rings. The van der Waals surface area contributed by atoms with E-state index < -0.39 is 0 Å². The maximum atomic E-state index is 12.3. The van der Waals surface area contributed by atoms with Gasteiger partial charge in [0.25, 0.3) is 0 Å². The molecule has 2 N–H and O–H groups in total. The molecule has 7 nitrogen and oxygen atoms in total. The van der Waals surface area contributed by atoms with Gasteiger partial charge in [0.05, 0.1) is 0 Å². The van der Waals surface area contributed by atoms with E-state index in [-0.39, 0.29) is 11.0 Å². The molecule has 0 saturated heterocycles. The predicted molar refractivity (Wildman–Crippen MR) is 133 cm³/mol. The number of carbonyl (C=O) groups is 1. The summed E-state index contributed by atoms with van der Waals surface area (Å²) in [7, 11) is 0. The Hall–Kier alpha value is -2.85. The van der Waals surface area contributed by atoms with Crippen LogP contribution in [0.15, 0.2) is 42.5 Å². The first kappa shape index (κ1) is 22.3. The van der Waals surface area contributed by atoms with E-state index in [0.29, 0.717) is 15.6 Å². The molecule has 0 saturated carbocycles. The summed E-state index contributed by atoms with van der Waals surface area (Å²) in [6.07, 6.45) is 2.95. The molecule has 4 rings (SSSR count). The van der Waals surface area contributed by atoms with Crippen molar-refractivity contribution in [2.75, 3.05) is 5.32 Å². The smallest absolute Gasteiger partial charge is 0.250 e. The molecule has 11 heteroatoms. The molecule has 1 amide bonds. The number of nitrogens with one attached hydrogen (secondary N) is 2. The Balaban J connectivity index is 1.45. The summed E-state index contributed by atoms with van der Waals surface area (Å²) in [5.74, 6) is 0.344. The Morgan fingerprint density at radius 2 is 1.97 bits per heavy atom. The minimum Gasteiger partial charge on any atom is -0.332 e. The Morgan fingerprint density at radius 3 is 2.72 bits per heavy atom. The number of fused-ring (bicyclic) bond motifs is 1. The van der Waals surface area contributed by atoms with E-state index in [1.165, 1.54) is 17.4 Å². The molecule has 4 aromatic rings. The van der Waals surface area contributed by atoms with Crippen LogP contribution in [0.1, 0.15) is 17.0 Å². The highest BCUT2D eigenvalue weighted by molar-refractivity contribution is 7.80. The average Bonchev–Trinajstić information content (AvgIpc) is 3.31. The highest BCUT2D eigenvalue weighted by atomic mass is 35.5. The number of hydrogen-bond donors (Lipinski definition) is 2. The lowest BCUT2D eigenvalue weighted by Crippen LogP contribution is -2.33. The third-order valence-electron chi connectivity index (χ3n) is 4.49. The summed E-state index contributed by atoms with van der Waals surface area (Å²) in [5.41, 5.74) is 3.31. The summed E-state index contributed by atoms with van der Waals surface area (Å²) in [6, 6.07) is 10.9. The SMILES string of the molecule is Cc1ccc(-c2nn3c(C)nnc3s2)cc1NC(=S)NC(=O)/C=C/c1ccc(Cl)cc1Cl. The number of halogens is 2. The number of anilines is 1. The number of amides is 1. The van der Waals surface area contributed by atoms with E-state index in [1.54, 1.807) is 28.8 Å². The van der Waals surface area contributed by atoms with E-state index >= 15 is 0 Å². The normalized spacial score (nSPS) is 11.2. The molecule has 0 spiro atoms. The van der Waals surface area contributed by atoms with Crippen molar-refractivity contribution in [1.82, 2.24) is 25.1 Å². The first-order valence-corrected chi connectivity index (χ1v) is 11.3. The van der Waals surface area contributed by atoms with Crippen molar-refractivity contribution in [3.05, 3.63) is 69.5 Å². The molecule has 0 atom stereocenters. The van der Waals surface area contributed by atoms with Gasteiger partial charge in [0, 0.05) is 27.4 Å². The number of aryl methyl sites for hydroxylation is 2. The number of nitrogens with zero attached hydrogens (tertiary/aromatic N) is 4. The number of benzene rings is 2. The van der Waals surface area contributed by atoms with E-state index in [9.17, 15) is 4.79 Å². The fourth-order valence-electron chi connectivity index (χ4n) is 2.83. The molecule has 0 bridgehead atoms. The highest BCUT2D eigenvalue weighted by Gasteiger charge is 2.12. The zero-order chi connectivity index (χ0) is 22.8. The molecule has 2 aromatic carbocycles. The maximum Gasteiger partial charge on any atom is 0.250 e. The molecular weight excluding hydrogens is 487 g/mol. The lowest BCUT2D eigenvalue weighted by Gasteiger charge is -2.12. The van der Waals surface area contributed by atoms with Gasteiger partial charge in [-0.25, -0.2) is 0 Å². The van der Waals surface area contributed by atoms with Gasteiger partial charge in [0.15, 0.2) is 10.9 Å². The van der Waals surface area contributed by atoms with Gasteiger partial charge in [0.1, 0.15) is 5.01 Å². The van der Waals surface area contributed by atoms with Crippen LogP contribution >= 0.6 is 46.8 Å². The van der Waals surface area contributed by atoms with Crippen LogP contribution in [0.4, 0.5) is 5.69 Å². The summed E-state index contributed by atoms with van der Waals surface area (Å²) >= 11 is 18.8. The number of aromatic nitrogens is 4. The van der Waals surface area contributed by atoms with Crippen LogP contribution in [-0.4, -0.2) is 30.8 Å². The second-order valence-corrected chi connectivity index (χ2v) is 9.03. The number of rotatable bonds is 4. The van der Waals surface area contributed by atoms with Crippen LogP contribution in [0.2, 0.25) is 10.0 Å². The minimum absolute atomic E-state index is 0.177. The van der Waals surface area contributed by atoms with Gasteiger partial charge in [0.2, 0.25) is 10.9 Å². The zero-order valence-corrected chi connectivity index (χ0v) is 20.0. The highest BCUT2D eigenvalue weighted by Crippen LogP contribution is 2.29. The van der Waals surface area contributed by atoms with Crippen LogP contribution in [0.5, 0.6) is 0 Å². The Kier molecular flexibility index (Phi) is 6.52. The molecule has 162 valence electrons. The van der Waals surface area contributed by atoms with Crippen molar-refractivity contribution in [1.29, 1.82) is 0 Å². The first-order chi connectivity index (χ1) is 15.3. The van der Waals surface area contributed by atoms with Gasteiger partial charge in [-0.1, -0.05) is 52.7 Å². The maximum absolute atomic E-state index is 12.3. The van der Waals surface area contributed by atoms with Crippen molar-refractivity contribution in [2.45, 2.75) is 13.8 Å². The van der Waals surface area contributed by atoms with E-state index in [4.69, 9.17) is 35.4 Å². The van der Waals surface area contributed by atoms with Gasteiger partial charge < -0.3 is 5.32 Å². The first-order valence-electron chi connectivity index (χ1n) is 9.35. The van der Waals surface area contributed by atoms with Crippen LogP contribution in [0.25, 0.3) is 21.6 Å². The largest absolute Gasteiger partial charge is 0.332 e. The van der Waals surface area contributed by atoms with Crippen molar-refractivity contribution < 1.29 is 4.79 Å². The molecule has 2 heterocycles. The fourth-order valence-corrected chi connectivity index (χ4v) is 4.39. The summed E-state index contributed by atoms with van der Waals surface area (Å²) in [6.45, 7) is 3.80. The number of hydrogen-bond acceptors (Lipinski definition) is 6. The van der Waals surface area contributed by atoms with Gasteiger partial charge in [-0.2, -0.15) is 9.61 Å². The van der Waals surface area contributed by atoms with Gasteiger partial charge in [-0.15, -0.1) is 10.2 Å². The van der Waals surface area contributed by atoms with Crippen LogP contribution in [0.3, 0.4) is 0 Å². The Morgan fingerprint density at radius 1 is 1.16 bits per heavy atom. The number of thiocarbonyl (C=S) groups is 1. The standard InChI is InChI=1S/C21H16Cl2N6OS2/c1-11-3-4-14(19-28-29-12(2)26-27-21(29)32-19)9-17(11)24-20(31)25-18(30)8-6-13-5-7-15(22)10-16(13)23/h3-10H,1-2H3,(H2,24,25,30,31)/b8-6+. The lowest BCUT2D eigenvalue weighted by atomic mass is 10.1. The lowest BCUT2D eigenvalue weighted by molar-refractivity contribution is -0.115. The number of carbonyl (C=O) groups excluding carboxylic acids is 1. The Labute approximate surface area is 203 Å². The zero-order valence-electron chi connectivity index (χ0n) is 16.9. The van der Waals surface area contributed by atoms with E-state index in [2.05, 4.69) is 25.9 Å². The average molecular weight is 503 g/mol. The quantitative estimate of drug-likeness (QED) is 0.290. The van der Waals surface area contributed by atoms with Crippen molar-refractivity contribution in [3.8, 4) is 10.6 Å². The van der Waals surface area contributed by atoms with Crippen molar-refractivity contribution in [3.63, 3.8) is 0 Å². The van der Waals surface area contributed by atoms with Crippen LogP contribution < -0.4 is 10.6 Å². The second kappa shape index (κ2) is 9.33. The third-order valence-corrected chi connectivity index (χ3v) is 6.21. The summed E-state index contributed by atoms with van der Waals surface area (Å²) < 4.78 is 1.71. The van der Waals surface area contributed by atoms with Gasteiger partial charge in [-0.05, 0) is 61.5 Å². The Bertz CT molecular complexity index is 1380. The molecule has 0 aliphatic rings. The predicted octanol–water partition coefficient (Wildman–Crippen LogP) is 5.30. The molecule has 0 radical (unpaired) electrons. The van der Waals surface area contributed by atoms with E-state index in [0.717, 1.165) is 32.6 Å². The van der Waals surface area contributed by atoms with E-state index in [1.807, 2.05) is 32.0 Å². The summed E-state index contributed by atoms with van der Waals surface area (Å²) in [5, 5.41) is 20.3. The van der Waals surface area contributed by atoms with Crippen molar-refractivity contribution >= 4 is 74.5 Å². The van der Waals surface area contributed by atoms with Gasteiger partial charge in [-0.3, -0.25) is 10.1 Å².